The Morgan fingerprint density at radius 1 is 1.18 bits per heavy atom. The zero-order valence-corrected chi connectivity index (χ0v) is 22.5. The Kier molecular flexibility index (Phi) is 6.78. The van der Waals surface area contributed by atoms with Gasteiger partial charge in [-0.1, -0.05) is 25.0 Å². The molecule has 200 valence electrons. The number of rotatable bonds is 4. The van der Waals surface area contributed by atoms with E-state index in [4.69, 9.17) is 9.47 Å². The van der Waals surface area contributed by atoms with Gasteiger partial charge in [-0.25, -0.2) is 0 Å². The van der Waals surface area contributed by atoms with Gasteiger partial charge in [0.1, 0.15) is 17.1 Å². The molecule has 2 fully saturated rings. The van der Waals surface area contributed by atoms with Crippen LogP contribution in [0.25, 0.3) is 10.1 Å². The fourth-order valence-corrected chi connectivity index (χ4v) is 7.38. The lowest BCUT2D eigenvalue weighted by atomic mass is 9.77. The van der Waals surface area contributed by atoms with Crippen molar-refractivity contribution in [3.8, 4) is 11.5 Å². The molecule has 1 saturated carbocycles. The van der Waals surface area contributed by atoms with Gasteiger partial charge >= 0.3 is 0 Å². The van der Waals surface area contributed by atoms with Gasteiger partial charge in [-0.2, -0.15) is 0 Å². The number of aryl methyl sites for hydroxylation is 1. The molecular weight excluding hydrogens is 500 g/mol. The van der Waals surface area contributed by atoms with Gasteiger partial charge in [0.05, 0.1) is 31.9 Å². The smallest absolute Gasteiger partial charge is 0.257 e. The molecule has 0 radical (unpaired) electrons. The van der Waals surface area contributed by atoms with Crippen LogP contribution in [0.5, 0.6) is 11.5 Å². The van der Waals surface area contributed by atoms with Gasteiger partial charge in [0.2, 0.25) is 5.91 Å². The average Bonchev–Trinajstić information content (AvgIpc) is 3.44. The van der Waals surface area contributed by atoms with E-state index in [2.05, 4.69) is 11.4 Å². The summed E-state index contributed by atoms with van der Waals surface area (Å²) >= 11 is 1.54. The summed E-state index contributed by atoms with van der Waals surface area (Å²) in [5.74, 6) is 0.636. The standard InChI is InChI=1S/C30H34N2O5S/c1-36-24-6-4-5-19-8-9-20(17-23(19)24)28(34)31-26-7-2-3-13-30(26)18-32(14-15-37-30)29(35)22-10-11-25-21(27(22)33)12-16-38-25/h4-6,10-12,16,20,26,33H,2-3,7-9,13-15,17-18H2,1H3,(H,31,34). The van der Waals surface area contributed by atoms with Crippen molar-refractivity contribution in [2.45, 2.75) is 56.6 Å². The van der Waals surface area contributed by atoms with E-state index in [1.165, 1.54) is 16.9 Å². The third kappa shape index (κ3) is 4.43. The first-order chi connectivity index (χ1) is 18.5. The molecule has 1 saturated heterocycles. The number of hydrogen-bond donors (Lipinski definition) is 2. The molecule has 1 aromatic heterocycles. The zero-order valence-electron chi connectivity index (χ0n) is 21.7. The lowest BCUT2D eigenvalue weighted by molar-refractivity contribution is -0.146. The largest absolute Gasteiger partial charge is 0.506 e. The second kappa shape index (κ2) is 10.2. The highest BCUT2D eigenvalue weighted by Gasteiger charge is 2.47. The van der Waals surface area contributed by atoms with Gasteiger partial charge in [-0.05, 0) is 72.9 Å². The van der Waals surface area contributed by atoms with Crippen molar-refractivity contribution in [2.24, 2.45) is 5.92 Å². The van der Waals surface area contributed by atoms with E-state index in [1.54, 1.807) is 18.1 Å². The van der Waals surface area contributed by atoms with Gasteiger partial charge < -0.3 is 24.8 Å². The van der Waals surface area contributed by atoms with E-state index in [1.807, 2.05) is 29.6 Å². The molecule has 8 heteroatoms. The molecule has 3 unspecified atom stereocenters. The van der Waals surface area contributed by atoms with Crippen molar-refractivity contribution in [3.05, 3.63) is 58.5 Å². The van der Waals surface area contributed by atoms with Crippen LogP contribution in [0.2, 0.25) is 0 Å². The third-order valence-electron chi connectivity index (χ3n) is 8.66. The van der Waals surface area contributed by atoms with Gasteiger partial charge in [0.25, 0.3) is 5.91 Å². The molecular formula is C30H34N2O5S. The summed E-state index contributed by atoms with van der Waals surface area (Å²) in [5, 5.41) is 16.8. The molecule has 7 nitrogen and oxygen atoms in total. The van der Waals surface area contributed by atoms with Crippen LogP contribution in [0.15, 0.2) is 41.8 Å². The Balaban J connectivity index is 1.19. The molecule has 3 atom stereocenters. The number of morpholine rings is 1. The summed E-state index contributed by atoms with van der Waals surface area (Å²) in [5.41, 5.74) is 2.09. The molecule has 38 heavy (non-hydrogen) atoms. The number of thiophene rings is 1. The molecule has 2 N–H and O–H groups in total. The number of phenolic OH excluding ortho intramolecular Hbond substituents is 1. The predicted octanol–water partition coefficient (Wildman–Crippen LogP) is 4.69. The first kappa shape index (κ1) is 25.2. The number of nitrogens with one attached hydrogen (secondary N) is 1. The van der Waals surface area contributed by atoms with Crippen LogP contribution in [0, 0.1) is 5.92 Å². The van der Waals surface area contributed by atoms with E-state index >= 15 is 0 Å². The van der Waals surface area contributed by atoms with Crippen LogP contribution in [0.4, 0.5) is 0 Å². The van der Waals surface area contributed by atoms with E-state index in [9.17, 15) is 14.7 Å². The minimum Gasteiger partial charge on any atom is -0.506 e. The maximum Gasteiger partial charge on any atom is 0.257 e. The lowest BCUT2D eigenvalue weighted by Crippen LogP contribution is -2.65. The van der Waals surface area contributed by atoms with Crippen LogP contribution < -0.4 is 10.1 Å². The van der Waals surface area contributed by atoms with Crippen molar-refractivity contribution >= 4 is 33.2 Å². The maximum absolute atomic E-state index is 13.6. The number of ether oxygens (including phenoxy) is 2. The van der Waals surface area contributed by atoms with Crippen LogP contribution >= 0.6 is 11.3 Å². The Labute approximate surface area is 226 Å². The topological polar surface area (TPSA) is 88.1 Å². The second-order valence-corrected chi connectivity index (χ2v) is 11.7. The van der Waals surface area contributed by atoms with Gasteiger partial charge in [0, 0.05) is 22.5 Å². The van der Waals surface area contributed by atoms with E-state index in [0.717, 1.165) is 54.5 Å². The molecule has 0 bridgehead atoms. The molecule has 1 aliphatic heterocycles. The fraction of sp³-hybridized carbons (Fsp3) is 0.467. The number of carbonyl (C=O) groups is 2. The van der Waals surface area contributed by atoms with Crippen molar-refractivity contribution in [3.63, 3.8) is 0 Å². The number of phenols is 1. The van der Waals surface area contributed by atoms with Crippen molar-refractivity contribution in [1.82, 2.24) is 10.2 Å². The first-order valence-corrected chi connectivity index (χ1v) is 14.4. The van der Waals surface area contributed by atoms with Crippen LogP contribution in [0.3, 0.4) is 0 Å². The number of carbonyl (C=O) groups excluding carboxylic acids is 2. The number of fused-ring (bicyclic) bond motifs is 2. The normalized spacial score (nSPS) is 25.2. The van der Waals surface area contributed by atoms with Gasteiger partial charge in [-0.3, -0.25) is 9.59 Å². The van der Waals surface area contributed by atoms with Crippen LogP contribution in [-0.2, 0) is 22.4 Å². The molecule has 2 heterocycles. The Morgan fingerprint density at radius 3 is 2.95 bits per heavy atom. The predicted molar refractivity (Wildman–Crippen MR) is 147 cm³/mol. The van der Waals surface area contributed by atoms with Crippen molar-refractivity contribution < 1.29 is 24.2 Å². The number of hydrogen-bond acceptors (Lipinski definition) is 6. The van der Waals surface area contributed by atoms with E-state index in [-0.39, 0.29) is 29.5 Å². The highest BCUT2D eigenvalue weighted by molar-refractivity contribution is 7.17. The highest BCUT2D eigenvalue weighted by atomic mass is 32.1. The second-order valence-electron chi connectivity index (χ2n) is 10.8. The molecule has 2 aromatic carbocycles. The van der Waals surface area contributed by atoms with E-state index < -0.39 is 5.60 Å². The first-order valence-electron chi connectivity index (χ1n) is 13.6. The molecule has 3 aromatic rings. The number of methoxy groups -OCH3 is 1. The van der Waals surface area contributed by atoms with E-state index in [0.29, 0.717) is 37.1 Å². The fourth-order valence-electron chi connectivity index (χ4n) is 6.59. The Hall–Kier alpha value is -3.10. The third-order valence-corrected chi connectivity index (χ3v) is 9.54. The maximum atomic E-state index is 13.6. The summed E-state index contributed by atoms with van der Waals surface area (Å²) in [6.07, 6.45) is 5.96. The monoisotopic (exact) mass is 534 g/mol. The number of benzene rings is 2. The van der Waals surface area contributed by atoms with Gasteiger partial charge in [-0.15, -0.1) is 11.3 Å². The average molecular weight is 535 g/mol. The minimum absolute atomic E-state index is 0.0378. The summed E-state index contributed by atoms with van der Waals surface area (Å²) in [6.45, 7) is 1.27. The van der Waals surface area contributed by atoms with Crippen molar-refractivity contribution in [2.75, 3.05) is 26.8 Å². The summed E-state index contributed by atoms with van der Waals surface area (Å²) < 4.78 is 12.9. The number of aromatic hydroxyl groups is 1. The molecule has 6 rings (SSSR count). The quantitative estimate of drug-likeness (QED) is 0.507. The summed E-state index contributed by atoms with van der Waals surface area (Å²) in [4.78, 5) is 28.9. The SMILES string of the molecule is COc1cccc2c1CC(C(=O)NC1CCCCC13CN(C(=O)c1ccc4sccc4c1O)CCO3)CC2. The highest BCUT2D eigenvalue weighted by Crippen LogP contribution is 2.38. The number of nitrogens with zero attached hydrogens (tertiary/aromatic N) is 1. The van der Waals surface area contributed by atoms with Crippen molar-refractivity contribution in [1.29, 1.82) is 0 Å². The van der Waals surface area contributed by atoms with Gasteiger partial charge in [0.15, 0.2) is 0 Å². The number of amides is 2. The zero-order chi connectivity index (χ0) is 26.3. The minimum atomic E-state index is -0.617. The summed E-state index contributed by atoms with van der Waals surface area (Å²) in [6, 6.07) is 11.4. The molecule has 2 amide bonds. The molecule has 3 aliphatic rings. The van der Waals surface area contributed by atoms with Crippen LogP contribution in [-0.4, -0.2) is 60.3 Å². The Morgan fingerprint density at radius 2 is 2.08 bits per heavy atom. The van der Waals surface area contributed by atoms with Crippen LogP contribution in [0.1, 0.15) is 53.6 Å². The lowest BCUT2D eigenvalue weighted by Gasteiger charge is -2.50. The molecule has 1 spiro atoms. The molecule has 2 aliphatic carbocycles. The Bertz CT molecular complexity index is 1350. The summed E-state index contributed by atoms with van der Waals surface area (Å²) in [7, 11) is 1.68.